The molecule has 1 heterocycles. The maximum atomic E-state index is 13.5. The molecular formula is C28H24N4O5. The van der Waals surface area contributed by atoms with E-state index < -0.39 is 23.9 Å². The predicted molar refractivity (Wildman–Crippen MR) is 134 cm³/mol. The van der Waals surface area contributed by atoms with Gasteiger partial charge in [-0.2, -0.15) is 5.26 Å². The summed E-state index contributed by atoms with van der Waals surface area (Å²) in [6.07, 6.45) is -0.145. The Bertz CT molecular complexity index is 1370. The van der Waals surface area contributed by atoms with Gasteiger partial charge in [0.15, 0.2) is 11.5 Å². The van der Waals surface area contributed by atoms with Gasteiger partial charge in [0.1, 0.15) is 5.56 Å². The Labute approximate surface area is 214 Å². The number of hydrogen-bond donors (Lipinski definition) is 2. The van der Waals surface area contributed by atoms with Crippen LogP contribution in [0, 0.1) is 23.5 Å². The van der Waals surface area contributed by atoms with E-state index in [1.807, 2.05) is 37.3 Å². The number of nitrogens with zero attached hydrogens (tertiary/aromatic N) is 2. The fourth-order valence-corrected chi connectivity index (χ4v) is 4.11. The molecule has 0 aliphatic carbocycles. The van der Waals surface area contributed by atoms with E-state index in [4.69, 9.17) is 9.47 Å². The first kappa shape index (κ1) is 25.1. The summed E-state index contributed by atoms with van der Waals surface area (Å²) in [5.41, 5.74) is 1.53. The number of fused-ring (bicyclic) bond motifs is 1. The van der Waals surface area contributed by atoms with Crippen LogP contribution >= 0.6 is 0 Å². The third-order valence-electron chi connectivity index (χ3n) is 5.81. The van der Waals surface area contributed by atoms with Crippen molar-refractivity contribution in [3.8, 4) is 17.6 Å². The van der Waals surface area contributed by atoms with Gasteiger partial charge in [-0.15, -0.1) is 0 Å². The third kappa shape index (κ3) is 5.16. The van der Waals surface area contributed by atoms with Gasteiger partial charge in [-0.25, -0.2) is 4.79 Å². The molecule has 0 radical (unpaired) electrons. The molecule has 1 unspecified atom stereocenters. The van der Waals surface area contributed by atoms with Gasteiger partial charge in [-0.05, 0) is 30.2 Å². The molecule has 2 N–H and O–H groups in total. The highest BCUT2D eigenvalue weighted by Gasteiger charge is 2.43. The molecule has 0 spiro atoms. The van der Waals surface area contributed by atoms with Crippen LogP contribution in [0.4, 0.5) is 10.5 Å². The first-order chi connectivity index (χ1) is 18.0. The van der Waals surface area contributed by atoms with Gasteiger partial charge in [-0.1, -0.05) is 48.5 Å². The van der Waals surface area contributed by atoms with E-state index in [0.717, 1.165) is 10.5 Å². The molecule has 0 saturated carbocycles. The molecule has 186 valence electrons. The lowest BCUT2D eigenvalue weighted by Crippen LogP contribution is -2.34. The molecule has 0 aromatic heterocycles. The molecule has 3 aromatic carbocycles. The van der Waals surface area contributed by atoms with E-state index in [2.05, 4.69) is 28.8 Å². The second kappa shape index (κ2) is 11.1. The molecule has 9 nitrogen and oxygen atoms in total. The second-order valence-corrected chi connectivity index (χ2v) is 8.07. The number of amides is 4. The molecule has 4 rings (SSSR count). The predicted octanol–water partition coefficient (Wildman–Crippen LogP) is 4.27. The number of imide groups is 1. The van der Waals surface area contributed by atoms with Crippen LogP contribution in [0.3, 0.4) is 0 Å². The van der Waals surface area contributed by atoms with Crippen LogP contribution in [0.25, 0.3) is 0 Å². The largest absolute Gasteiger partial charge is 0.493 e. The smallest absolute Gasteiger partial charge is 0.319 e. The average molecular weight is 497 g/mol. The van der Waals surface area contributed by atoms with Gasteiger partial charge in [0.05, 0.1) is 43.5 Å². The van der Waals surface area contributed by atoms with Crippen LogP contribution in [0.15, 0.2) is 54.6 Å². The van der Waals surface area contributed by atoms with Crippen molar-refractivity contribution < 1.29 is 23.9 Å². The zero-order valence-corrected chi connectivity index (χ0v) is 20.3. The minimum atomic E-state index is -0.893. The first-order valence-corrected chi connectivity index (χ1v) is 11.6. The summed E-state index contributed by atoms with van der Waals surface area (Å²) >= 11 is 0. The molecule has 0 bridgehead atoms. The lowest BCUT2D eigenvalue weighted by Gasteiger charge is -2.25. The van der Waals surface area contributed by atoms with Gasteiger partial charge in [0, 0.05) is 12.6 Å². The monoisotopic (exact) mass is 496 g/mol. The summed E-state index contributed by atoms with van der Waals surface area (Å²) in [4.78, 5) is 40.5. The number of carbonyl (C=O) groups is 3. The standard InChI is InChI=1S/C28H24N4O5/c1-3-37-24-16-19(12-13-23(24)36-2)22(14-15-29)32-26(33)20-10-7-11-21(25(20)27(32)34)31-28(35)30-17-18-8-5-4-6-9-18/h4-6,8-9,11-13,16,22H,3,14,17H2,1-2H3,(H2,30,31,35). The van der Waals surface area contributed by atoms with Crippen molar-refractivity contribution in [1.29, 1.82) is 5.26 Å². The topological polar surface area (TPSA) is 121 Å². The Morgan fingerprint density at radius 3 is 2.62 bits per heavy atom. The Kier molecular flexibility index (Phi) is 7.56. The van der Waals surface area contributed by atoms with Crippen LogP contribution in [0.1, 0.15) is 51.2 Å². The second-order valence-electron chi connectivity index (χ2n) is 8.07. The highest BCUT2D eigenvalue weighted by molar-refractivity contribution is 6.24. The summed E-state index contributed by atoms with van der Waals surface area (Å²) in [6.45, 7) is 2.47. The van der Waals surface area contributed by atoms with E-state index in [0.29, 0.717) is 23.7 Å². The fraction of sp³-hybridized carbons (Fsp3) is 0.214. The summed E-state index contributed by atoms with van der Waals surface area (Å²) in [5, 5.41) is 14.9. The van der Waals surface area contributed by atoms with Crippen molar-refractivity contribution >= 4 is 23.5 Å². The SMILES string of the molecule is CCOc1cc(C(CC#N)N2C(=O)c3c#ccc(NC(=O)NCc4ccccc4)c3C2=O)ccc1OC. The number of rotatable bonds is 9. The molecule has 1 aliphatic heterocycles. The minimum absolute atomic E-state index is 0.0000873. The van der Waals surface area contributed by atoms with Crippen molar-refractivity contribution in [2.24, 2.45) is 0 Å². The van der Waals surface area contributed by atoms with Crippen molar-refractivity contribution in [2.75, 3.05) is 19.0 Å². The maximum absolute atomic E-state index is 13.5. The molecular weight excluding hydrogens is 472 g/mol. The molecule has 4 amide bonds. The number of anilines is 1. The molecule has 3 aromatic rings. The number of ether oxygens (including phenoxy) is 2. The number of urea groups is 1. The van der Waals surface area contributed by atoms with Crippen molar-refractivity contribution in [2.45, 2.75) is 25.9 Å². The Hall–Kier alpha value is -5.02. The first-order valence-electron chi connectivity index (χ1n) is 11.6. The van der Waals surface area contributed by atoms with Gasteiger partial charge >= 0.3 is 6.03 Å². The molecule has 1 atom stereocenters. The fourth-order valence-electron chi connectivity index (χ4n) is 4.11. The summed E-state index contributed by atoms with van der Waals surface area (Å²) < 4.78 is 10.9. The highest BCUT2D eigenvalue weighted by atomic mass is 16.5. The molecule has 0 saturated heterocycles. The average Bonchev–Trinajstić information content (AvgIpc) is 3.17. The number of nitriles is 1. The van der Waals surface area contributed by atoms with Gasteiger partial charge in [0.25, 0.3) is 11.8 Å². The third-order valence-corrected chi connectivity index (χ3v) is 5.81. The minimum Gasteiger partial charge on any atom is -0.493 e. The highest BCUT2D eigenvalue weighted by Crippen LogP contribution is 2.38. The molecule has 37 heavy (non-hydrogen) atoms. The van der Waals surface area contributed by atoms with Crippen LogP contribution < -0.4 is 20.1 Å². The van der Waals surface area contributed by atoms with Crippen molar-refractivity contribution in [3.63, 3.8) is 0 Å². The molecule has 9 heteroatoms. The van der Waals surface area contributed by atoms with E-state index in [9.17, 15) is 19.6 Å². The number of benzene rings is 2. The molecule has 0 fully saturated rings. The van der Waals surface area contributed by atoms with Gasteiger partial charge in [0.2, 0.25) is 0 Å². The Morgan fingerprint density at radius 1 is 1.14 bits per heavy atom. The summed E-state index contributed by atoms with van der Waals surface area (Å²) in [6, 6.07) is 21.7. The van der Waals surface area contributed by atoms with Crippen LogP contribution in [-0.4, -0.2) is 36.5 Å². The van der Waals surface area contributed by atoms with E-state index in [1.165, 1.54) is 13.2 Å². The summed E-state index contributed by atoms with van der Waals surface area (Å²) in [5.74, 6) is -0.352. The normalized spacial score (nSPS) is 12.7. The molecule has 1 aliphatic rings. The number of methoxy groups -OCH3 is 1. The number of hydrogen-bond acceptors (Lipinski definition) is 6. The quantitative estimate of drug-likeness (QED) is 0.427. The maximum Gasteiger partial charge on any atom is 0.319 e. The zero-order chi connectivity index (χ0) is 26.4. The summed E-state index contributed by atoms with van der Waals surface area (Å²) in [7, 11) is 1.51. The lowest BCUT2D eigenvalue weighted by molar-refractivity contribution is 0.0584. The van der Waals surface area contributed by atoms with Crippen LogP contribution in [-0.2, 0) is 6.54 Å². The van der Waals surface area contributed by atoms with Crippen LogP contribution in [0.5, 0.6) is 11.5 Å². The zero-order valence-electron chi connectivity index (χ0n) is 20.3. The van der Waals surface area contributed by atoms with Gasteiger partial charge in [-0.3, -0.25) is 14.5 Å². The van der Waals surface area contributed by atoms with E-state index in [1.54, 1.807) is 18.2 Å². The Balaban J connectivity index is 1.61. The Morgan fingerprint density at radius 2 is 1.92 bits per heavy atom. The van der Waals surface area contributed by atoms with Crippen molar-refractivity contribution in [1.82, 2.24) is 10.2 Å². The number of nitrogens with one attached hydrogen (secondary N) is 2. The van der Waals surface area contributed by atoms with Crippen molar-refractivity contribution in [3.05, 3.63) is 89.0 Å². The van der Waals surface area contributed by atoms with E-state index in [-0.39, 0.29) is 29.8 Å². The van der Waals surface area contributed by atoms with E-state index >= 15 is 0 Å². The lowest BCUT2D eigenvalue weighted by atomic mass is 10.0. The van der Waals surface area contributed by atoms with Crippen LogP contribution in [0.2, 0.25) is 0 Å². The number of carbonyl (C=O) groups excluding carboxylic acids is 3. The van der Waals surface area contributed by atoms with Gasteiger partial charge < -0.3 is 20.1 Å².